The van der Waals surface area contributed by atoms with Gasteiger partial charge in [0.2, 0.25) is 5.91 Å². The largest absolute Gasteiger partial charge is 0.354 e. The van der Waals surface area contributed by atoms with E-state index in [0.29, 0.717) is 35.4 Å². The summed E-state index contributed by atoms with van der Waals surface area (Å²) >= 11 is 0. The lowest BCUT2D eigenvalue weighted by Crippen LogP contribution is -2.59. The van der Waals surface area contributed by atoms with Crippen molar-refractivity contribution in [3.8, 4) is 5.69 Å². The molecule has 0 radical (unpaired) electrons. The van der Waals surface area contributed by atoms with Crippen molar-refractivity contribution >= 4 is 40.0 Å². The normalized spacial score (nSPS) is 15.0. The quantitative estimate of drug-likeness (QED) is 0.497. The van der Waals surface area contributed by atoms with E-state index in [-0.39, 0.29) is 51.9 Å². The van der Waals surface area contributed by atoms with Crippen LogP contribution in [0.2, 0.25) is 0 Å². The lowest BCUT2D eigenvalue weighted by Gasteiger charge is -2.19. The zero-order valence-corrected chi connectivity index (χ0v) is 22.8. The van der Waals surface area contributed by atoms with Crippen molar-refractivity contribution in [2.45, 2.75) is 39.7 Å². The van der Waals surface area contributed by atoms with Crippen LogP contribution in [0.25, 0.3) is 22.5 Å². The lowest BCUT2D eigenvalue weighted by atomic mass is 10.1. The van der Waals surface area contributed by atoms with Crippen LogP contribution in [0.5, 0.6) is 0 Å². The highest BCUT2D eigenvalue weighted by atomic mass is 19.1. The smallest absolute Gasteiger partial charge is 0.336 e. The van der Waals surface area contributed by atoms with E-state index in [1.54, 1.807) is 57.3 Å². The molecule has 2 N–H and O–H groups in total. The standard InChI is InChI=1S/C30H30FN5O4/c1-16(2)19-9-12-24(23(31)13-19)33-25-15-34(5)28(38)17(3)27-26(25)29(39)36(21-10-11-21)30(40)35(27)22-8-6-7-20(14-22)32-18(4)37/h6-9,12-14,21,33H,1,10-11,15H2,2-5H3,(H,32,37). The van der Waals surface area contributed by atoms with Crippen molar-refractivity contribution in [2.75, 3.05) is 24.2 Å². The third kappa shape index (κ3) is 4.76. The zero-order valence-electron chi connectivity index (χ0n) is 22.8. The fourth-order valence-electron chi connectivity index (χ4n) is 4.99. The van der Waals surface area contributed by atoms with Crippen molar-refractivity contribution in [2.24, 2.45) is 0 Å². The van der Waals surface area contributed by atoms with E-state index < -0.39 is 17.1 Å². The number of allylic oxidation sites excluding steroid dienone is 1. The molecule has 10 heteroatoms. The van der Waals surface area contributed by atoms with Crippen molar-refractivity contribution in [1.29, 1.82) is 0 Å². The van der Waals surface area contributed by atoms with Crippen molar-refractivity contribution < 1.29 is 14.0 Å². The predicted molar refractivity (Wildman–Crippen MR) is 153 cm³/mol. The summed E-state index contributed by atoms with van der Waals surface area (Å²) in [5, 5.41) is 6.02. The summed E-state index contributed by atoms with van der Waals surface area (Å²) in [6, 6.07) is 11.0. The molecule has 0 bridgehead atoms. The average molecular weight is 544 g/mol. The van der Waals surface area contributed by atoms with Gasteiger partial charge in [-0.05, 0) is 62.6 Å². The van der Waals surface area contributed by atoms with E-state index in [1.807, 2.05) is 0 Å². The molecule has 40 heavy (non-hydrogen) atoms. The Morgan fingerprint density at radius 2 is 1.80 bits per heavy atom. The molecule has 0 unspecified atom stereocenters. The van der Waals surface area contributed by atoms with Gasteiger partial charge in [-0.25, -0.2) is 9.18 Å². The van der Waals surface area contributed by atoms with Gasteiger partial charge in [0.05, 0.1) is 34.2 Å². The summed E-state index contributed by atoms with van der Waals surface area (Å²) in [6.07, 6.45) is 1.34. The number of nitrogens with one attached hydrogen (secondary N) is 2. The SMILES string of the molecule is C=C(C)c1ccc(NC2=c3c(n(-c4cccc(NC(C)=O)c4)c(=O)n(C4CC4)c3=O)=C(C)C(=O)N(C)C2)c(F)c1. The molecule has 1 saturated carbocycles. The van der Waals surface area contributed by atoms with Gasteiger partial charge in [0.15, 0.2) is 0 Å². The molecule has 1 aliphatic heterocycles. The summed E-state index contributed by atoms with van der Waals surface area (Å²) in [5.41, 5.74) is 1.63. The number of aromatic nitrogens is 2. The average Bonchev–Trinajstić information content (AvgIpc) is 3.73. The number of hydrogen-bond donors (Lipinski definition) is 2. The third-order valence-electron chi connectivity index (χ3n) is 7.09. The Bertz CT molecular complexity index is 1850. The first-order chi connectivity index (χ1) is 19.0. The molecule has 206 valence electrons. The van der Waals surface area contributed by atoms with Crippen LogP contribution in [0, 0.1) is 5.82 Å². The van der Waals surface area contributed by atoms with Gasteiger partial charge in [-0.1, -0.05) is 24.3 Å². The molecule has 2 aliphatic rings. The number of amides is 2. The first-order valence-electron chi connectivity index (χ1n) is 13.0. The van der Waals surface area contributed by atoms with Crippen LogP contribution < -0.4 is 32.5 Å². The first kappa shape index (κ1) is 26.9. The second kappa shape index (κ2) is 10.1. The van der Waals surface area contributed by atoms with E-state index in [1.165, 1.54) is 27.0 Å². The minimum atomic E-state index is -0.584. The highest BCUT2D eigenvalue weighted by molar-refractivity contribution is 6.13. The van der Waals surface area contributed by atoms with E-state index in [9.17, 15) is 19.2 Å². The third-order valence-corrected chi connectivity index (χ3v) is 7.09. The number of carbonyl (C=O) groups excluding carboxylic acids is 2. The summed E-state index contributed by atoms with van der Waals surface area (Å²) < 4.78 is 17.8. The van der Waals surface area contributed by atoms with Crippen LogP contribution in [0.3, 0.4) is 0 Å². The van der Waals surface area contributed by atoms with Gasteiger partial charge < -0.3 is 15.5 Å². The van der Waals surface area contributed by atoms with Gasteiger partial charge >= 0.3 is 5.69 Å². The van der Waals surface area contributed by atoms with E-state index in [0.717, 1.165) is 0 Å². The van der Waals surface area contributed by atoms with E-state index in [4.69, 9.17) is 0 Å². The molecule has 3 aromatic rings. The van der Waals surface area contributed by atoms with Gasteiger partial charge in [0.1, 0.15) is 5.82 Å². The monoisotopic (exact) mass is 543 g/mol. The molecule has 2 amide bonds. The molecule has 9 nitrogen and oxygen atoms in total. The van der Waals surface area contributed by atoms with Crippen molar-refractivity contribution in [1.82, 2.24) is 14.0 Å². The summed E-state index contributed by atoms with van der Waals surface area (Å²) in [4.78, 5) is 54.5. The number of nitrogens with zero attached hydrogens (tertiary/aromatic N) is 3. The summed E-state index contributed by atoms with van der Waals surface area (Å²) in [7, 11) is 1.58. The minimum absolute atomic E-state index is 0.0190. The zero-order chi connectivity index (χ0) is 28.9. The number of halogens is 1. The Kier molecular flexibility index (Phi) is 6.79. The fraction of sp³-hybridized carbons (Fsp3) is 0.267. The number of likely N-dealkylation sites (N-methyl/N-ethyl adjacent to an activating group) is 1. The van der Waals surface area contributed by atoms with Gasteiger partial charge in [-0.2, -0.15) is 0 Å². The highest BCUT2D eigenvalue weighted by Gasteiger charge is 2.31. The maximum Gasteiger partial charge on any atom is 0.336 e. The van der Waals surface area contributed by atoms with Crippen molar-refractivity contribution in [3.63, 3.8) is 0 Å². The van der Waals surface area contributed by atoms with E-state index >= 15 is 4.39 Å². The second-order valence-electron chi connectivity index (χ2n) is 10.3. The summed E-state index contributed by atoms with van der Waals surface area (Å²) in [5.74, 6) is -1.22. The number of rotatable bonds is 6. The van der Waals surface area contributed by atoms with Gasteiger partial charge in [-0.15, -0.1) is 0 Å². The number of hydrogen-bond acceptors (Lipinski definition) is 5. The molecule has 1 fully saturated rings. The Morgan fingerprint density at radius 3 is 2.42 bits per heavy atom. The molecule has 2 heterocycles. The number of carbonyl (C=O) groups is 2. The van der Waals surface area contributed by atoms with E-state index in [2.05, 4.69) is 17.2 Å². The number of benzene rings is 2. The first-order valence-corrected chi connectivity index (χ1v) is 13.0. The number of anilines is 2. The maximum absolute atomic E-state index is 15.2. The number of fused-ring (bicyclic) bond motifs is 1. The molecule has 0 spiro atoms. The Balaban J connectivity index is 1.89. The van der Waals surface area contributed by atoms with Gasteiger partial charge in [-0.3, -0.25) is 23.5 Å². The topological polar surface area (TPSA) is 105 Å². The Hall–Kier alpha value is -4.73. The Labute approximate surface area is 229 Å². The predicted octanol–water partition coefficient (Wildman–Crippen LogP) is 2.33. The van der Waals surface area contributed by atoms with Crippen LogP contribution >= 0.6 is 0 Å². The maximum atomic E-state index is 15.2. The van der Waals surface area contributed by atoms with Crippen LogP contribution in [-0.2, 0) is 9.59 Å². The van der Waals surface area contributed by atoms with Crippen LogP contribution in [-0.4, -0.2) is 39.4 Å². The highest BCUT2D eigenvalue weighted by Crippen LogP contribution is 2.32. The molecular formula is C30H30FN5O4. The minimum Gasteiger partial charge on any atom is -0.354 e. The van der Waals surface area contributed by atoms with Gasteiger partial charge in [0, 0.05) is 31.3 Å². The van der Waals surface area contributed by atoms with Crippen LogP contribution in [0.1, 0.15) is 45.2 Å². The van der Waals surface area contributed by atoms with Crippen LogP contribution in [0.4, 0.5) is 15.8 Å². The van der Waals surface area contributed by atoms with Crippen LogP contribution in [0.15, 0.2) is 58.6 Å². The van der Waals surface area contributed by atoms with Crippen molar-refractivity contribution in [3.05, 3.63) is 91.8 Å². The second-order valence-corrected chi connectivity index (χ2v) is 10.3. The van der Waals surface area contributed by atoms with Gasteiger partial charge in [0.25, 0.3) is 11.5 Å². The molecule has 5 rings (SSSR count). The molecule has 0 saturated heterocycles. The summed E-state index contributed by atoms with van der Waals surface area (Å²) in [6.45, 7) is 8.55. The Morgan fingerprint density at radius 1 is 1.07 bits per heavy atom. The molecular weight excluding hydrogens is 513 g/mol. The molecule has 0 atom stereocenters. The fourth-order valence-corrected chi connectivity index (χ4v) is 4.99. The molecule has 1 aliphatic carbocycles. The molecule has 2 aromatic carbocycles. The molecule has 1 aromatic heterocycles. The lowest BCUT2D eigenvalue weighted by molar-refractivity contribution is -0.123.